The van der Waals surface area contributed by atoms with Crippen LogP contribution in [0.2, 0.25) is 0 Å². The van der Waals surface area contributed by atoms with Crippen molar-refractivity contribution < 1.29 is 19.1 Å². The van der Waals surface area contributed by atoms with E-state index < -0.39 is 0 Å². The molecule has 0 amide bonds. The van der Waals surface area contributed by atoms with E-state index in [0.29, 0.717) is 23.2 Å². The summed E-state index contributed by atoms with van der Waals surface area (Å²) in [6.07, 6.45) is 13.1. The van der Waals surface area contributed by atoms with E-state index in [1.54, 1.807) is 19.4 Å². The second-order valence-corrected chi connectivity index (χ2v) is 16.4. The number of fused-ring (bicyclic) bond motifs is 7. The molecule has 9 atom stereocenters. The Morgan fingerprint density at radius 3 is 1.97 bits per heavy atom. The third kappa shape index (κ3) is 3.80. The molecule has 0 aliphatic heterocycles. The van der Waals surface area contributed by atoms with E-state index in [-0.39, 0.29) is 51.2 Å². The maximum absolute atomic E-state index is 11.9. The molecule has 0 aromatic carbocycles. The fourth-order valence-corrected chi connectivity index (χ4v) is 11.4. The second kappa shape index (κ2) is 8.59. The van der Waals surface area contributed by atoms with Crippen molar-refractivity contribution in [2.45, 2.75) is 139 Å². The summed E-state index contributed by atoms with van der Waals surface area (Å²) in [4.78, 5) is 23.9. The van der Waals surface area contributed by atoms with E-state index in [2.05, 4.69) is 61.5 Å². The van der Waals surface area contributed by atoms with Crippen LogP contribution in [0.25, 0.3) is 0 Å². The Morgan fingerprint density at radius 2 is 1.34 bits per heavy atom. The molecule has 4 heteroatoms. The number of hydrogen-bond acceptors (Lipinski definition) is 4. The van der Waals surface area contributed by atoms with Gasteiger partial charge in [-0.15, -0.1) is 0 Å². The van der Waals surface area contributed by atoms with Crippen LogP contribution in [0.4, 0.5) is 0 Å². The zero-order valence-electron chi connectivity index (χ0n) is 26.0. The lowest BCUT2D eigenvalue weighted by molar-refractivity contribution is -0.234. The Morgan fingerprint density at radius 1 is 0.711 bits per heavy atom. The van der Waals surface area contributed by atoms with Crippen LogP contribution in [0.3, 0.4) is 0 Å². The van der Waals surface area contributed by atoms with Crippen molar-refractivity contribution in [1.29, 1.82) is 0 Å². The lowest BCUT2D eigenvalue weighted by Gasteiger charge is -2.72. The normalized spacial score (nSPS) is 48.8. The van der Waals surface area contributed by atoms with Crippen molar-refractivity contribution >= 4 is 11.9 Å². The van der Waals surface area contributed by atoms with Crippen molar-refractivity contribution in [3.63, 3.8) is 0 Å². The molecule has 0 aromatic rings. The van der Waals surface area contributed by atoms with Crippen molar-refractivity contribution in [1.82, 2.24) is 0 Å². The number of ether oxygens (including phenoxy) is 2. The standard InChI is InChI=1S/C34H54O4/c1-21(35)37-27-14-15-32(8)25(30(27,5)6)13-16-34(10)26(32)12-11-23-24-19-29(3,4)28(38-22(2)36)20-31(24,7)17-18-33(23,34)9/h19,23,25-28H,11-18,20H2,1-10H3. The number of hydrogen-bond donors (Lipinski definition) is 0. The van der Waals surface area contributed by atoms with Crippen LogP contribution in [-0.4, -0.2) is 24.1 Å². The largest absolute Gasteiger partial charge is 0.462 e. The van der Waals surface area contributed by atoms with Gasteiger partial charge in [0.2, 0.25) is 0 Å². The molecule has 5 rings (SSSR count). The van der Waals surface area contributed by atoms with Gasteiger partial charge in [0.15, 0.2) is 0 Å². The smallest absolute Gasteiger partial charge is 0.302 e. The maximum atomic E-state index is 11.9. The summed E-state index contributed by atoms with van der Waals surface area (Å²) in [5.74, 6) is 1.59. The molecule has 5 aliphatic rings. The molecule has 5 aliphatic carbocycles. The first-order valence-electron chi connectivity index (χ1n) is 15.5. The molecule has 0 N–H and O–H groups in total. The zero-order chi connectivity index (χ0) is 28.1. The average molecular weight is 527 g/mol. The highest BCUT2D eigenvalue weighted by molar-refractivity contribution is 5.66. The minimum Gasteiger partial charge on any atom is -0.462 e. The lowest BCUT2D eigenvalue weighted by atomic mass is 9.32. The minimum absolute atomic E-state index is 0.00450. The summed E-state index contributed by atoms with van der Waals surface area (Å²) in [6.45, 7) is 22.8. The quantitative estimate of drug-likeness (QED) is 0.268. The van der Waals surface area contributed by atoms with Crippen LogP contribution >= 0.6 is 0 Å². The molecular formula is C34H54O4. The summed E-state index contributed by atoms with van der Waals surface area (Å²) >= 11 is 0. The molecule has 38 heavy (non-hydrogen) atoms. The first kappa shape index (κ1) is 28.2. The lowest BCUT2D eigenvalue weighted by Crippen LogP contribution is -2.66. The molecule has 214 valence electrons. The van der Waals surface area contributed by atoms with E-state index in [1.165, 1.54) is 38.5 Å². The molecule has 9 unspecified atom stereocenters. The number of allylic oxidation sites excluding steroid dienone is 1. The highest BCUT2D eigenvalue weighted by Gasteiger charge is 2.69. The Kier molecular flexibility index (Phi) is 6.38. The summed E-state index contributed by atoms with van der Waals surface area (Å²) in [5, 5.41) is 0. The predicted molar refractivity (Wildman–Crippen MR) is 151 cm³/mol. The van der Waals surface area contributed by atoms with Gasteiger partial charge in [-0.1, -0.05) is 67.0 Å². The predicted octanol–water partition coefficient (Wildman–Crippen LogP) is 8.28. The van der Waals surface area contributed by atoms with Gasteiger partial charge < -0.3 is 9.47 Å². The van der Waals surface area contributed by atoms with Gasteiger partial charge in [0, 0.05) is 24.7 Å². The van der Waals surface area contributed by atoms with Crippen molar-refractivity contribution in [3.8, 4) is 0 Å². The summed E-state index contributed by atoms with van der Waals surface area (Å²) in [6, 6.07) is 0. The molecule has 4 nitrogen and oxygen atoms in total. The topological polar surface area (TPSA) is 52.6 Å². The number of carbonyl (C=O) groups excluding carboxylic acids is 2. The molecule has 0 radical (unpaired) electrons. The van der Waals surface area contributed by atoms with Gasteiger partial charge >= 0.3 is 11.9 Å². The molecule has 0 heterocycles. The minimum atomic E-state index is -0.159. The number of carbonyl (C=O) groups is 2. The highest BCUT2D eigenvalue weighted by atomic mass is 16.5. The molecule has 0 spiro atoms. The summed E-state index contributed by atoms with van der Waals surface area (Å²) < 4.78 is 11.8. The van der Waals surface area contributed by atoms with Gasteiger partial charge in [0.25, 0.3) is 0 Å². The van der Waals surface area contributed by atoms with Crippen LogP contribution in [0.5, 0.6) is 0 Å². The highest BCUT2D eigenvalue weighted by Crippen LogP contribution is 2.76. The molecule has 0 saturated heterocycles. The van der Waals surface area contributed by atoms with E-state index in [1.807, 2.05) is 0 Å². The molecule has 0 aromatic heterocycles. The van der Waals surface area contributed by atoms with Crippen LogP contribution in [0.1, 0.15) is 127 Å². The fraction of sp³-hybridized carbons (Fsp3) is 0.882. The molecule has 4 fully saturated rings. The maximum Gasteiger partial charge on any atom is 0.302 e. The Hall–Kier alpha value is -1.32. The van der Waals surface area contributed by atoms with Gasteiger partial charge in [-0.05, 0) is 97.2 Å². The summed E-state index contributed by atoms with van der Waals surface area (Å²) in [7, 11) is 0. The van der Waals surface area contributed by atoms with Crippen LogP contribution < -0.4 is 0 Å². The fourth-order valence-electron chi connectivity index (χ4n) is 11.4. The third-order valence-corrected chi connectivity index (χ3v) is 13.7. The molecule has 0 bridgehead atoms. The first-order valence-corrected chi connectivity index (χ1v) is 15.5. The van der Waals surface area contributed by atoms with Crippen molar-refractivity contribution in [2.75, 3.05) is 0 Å². The number of rotatable bonds is 2. The third-order valence-electron chi connectivity index (χ3n) is 13.7. The SMILES string of the molecule is CC(=O)OC1CC2(C)CCC3(C)C(CCC4C5(C)CCC(OC(C)=O)C(C)(C)C5CCC43C)C2=CC1(C)C. The van der Waals surface area contributed by atoms with Crippen molar-refractivity contribution in [3.05, 3.63) is 11.6 Å². The van der Waals surface area contributed by atoms with E-state index >= 15 is 0 Å². The zero-order valence-corrected chi connectivity index (χ0v) is 26.0. The van der Waals surface area contributed by atoms with Gasteiger partial charge in [0.1, 0.15) is 12.2 Å². The van der Waals surface area contributed by atoms with Crippen LogP contribution in [0.15, 0.2) is 11.6 Å². The van der Waals surface area contributed by atoms with E-state index in [9.17, 15) is 9.59 Å². The van der Waals surface area contributed by atoms with Gasteiger partial charge in [-0.2, -0.15) is 0 Å². The van der Waals surface area contributed by atoms with E-state index in [4.69, 9.17) is 9.47 Å². The van der Waals surface area contributed by atoms with Crippen molar-refractivity contribution in [2.24, 2.45) is 50.2 Å². The second-order valence-electron chi connectivity index (χ2n) is 16.4. The molecular weight excluding hydrogens is 472 g/mol. The first-order chi connectivity index (χ1) is 17.4. The monoisotopic (exact) mass is 526 g/mol. The van der Waals surface area contributed by atoms with Gasteiger partial charge in [0.05, 0.1) is 0 Å². The van der Waals surface area contributed by atoms with Crippen LogP contribution in [-0.2, 0) is 19.1 Å². The summed E-state index contributed by atoms with van der Waals surface area (Å²) in [5.41, 5.74) is 2.51. The Balaban J connectivity index is 1.50. The Bertz CT molecular complexity index is 1040. The van der Waals surface area contributed by atoms with E-state index in [0.717, 1.165) is 19.3 Å². The van der Waals surface area contributed by atoms with Crippen LogP contribution in [0, 0.1) is 50.2 Å². The molecule has 4 saturated carbocycles. The number of esters is 2. The van der Waals surface area contributed by atoms with Gasteiger partial charge in [-0.25, -0.2) is 0 Å². The van der Waals surface area contributed by atoms with Gasteiger partial charge in [-0.3, -0.25) is 9.59 Å². The Labute approximate surface area is 232 Å². The average Bonchev–Trinajstić information content (AvgIpc) is 2.77.